The summed E-state index contributed by atoms with van der Waals surface area (Å²) in [7, 11) is 0. The summed E-state index contributed by atoms with van der Waals surface area (Å²) < 4.78 is 0. The van der Waals surface area contributed by atoms with Crippen LogP contribution >= 0.6 is 0 Å². The Morgan fingerprint density at radius 1 is 1.38 bits per heavy atom. The minimum atomic E-state index is -0.465. The van der Waals surface area contributed by atoms with Crippen LogP contribution in [-0.4, -0.2) is 17.5 Å². The van der Waals surface area contributed by atoms with Crippen LogP contribution in [0.2, 0.25) is 0 Å². The highest BCUT2D eigenvalue weighted by Gasteiger charge is 2.26. The van der Waals surface area contributed by atoms with Crippen LogP contribution in [0.4, 0.5) is 5.69 Å². The van der Waals surface area contributed by atoms with Crippen LogP contribution in [0.15, 0.2) is 18.2 Å². The van der Waals surface area contributed by atoms with Crippen molar-refractivity contribution < 1.29 is 4.92 Å². The zero-order valence-corrected chi connectivity index (χ0v) is 13.1. The van der Waals surface area contributed by atoms with E-state index in [2.05, 4.69) is 39.1 Å². The predicted molar refractivity (Wildman–Crippen MR) is 83.1 cm³/mol. The monoisotopic (exact) mass is 289 g/mol. The Morgan fingerprint density at radius 3 is 2.52 bits per heavy atom. The maximum Gasteiger partial charge on any atom is 0.270 e. The highest BCUT2D eigenvalue weighted by Crippen LogP contribution is 2.32. The van der Waals surface area contributed by atoms with Crippen LogP contribution in [0.3, 0.4) is 0 Å². The van der Waals surface area contributed by atoms with Gasteiger partial charge in [-0.2, -0.15) is 5.26 Å². The topological polar surface area (TPSA) is 79.0 Å². The molecule has 21 heavy (non-hydrogen) atoms. The molecule has 0 amide bonds. The first kappa shape index (κ1) is 17.1. The number of non-ortho nitro benzene ring substituents is 1. The third kappa shape index (κ3) is 4.27. The quantitative estimate of drug-likeness (QED) is 0.614. The molecule has 2 atom stereocenters. The van der Waals surface area contributed by atoms with E-state index >= 15 is 0 Å². The normalized spacial score (nSPS) is 13.7. The summed E-state index contributed by atoms with van der Waals surface area (Å²) in [6.07, 6.45) is 1.04. The lowest BCUT2D eigenvalue weighted by atomic mass is 9.81. The first-order chi connectivity index (χ1) is 9.92. The number of nitrogens with zero attached hydrogens (tertiary/aromatic N) is 2. The molecule has 0 aliphatic heterocycles. The SMILES string of the molecule is CCCNC(C)C(c1ccc([N+](=O)[O-])cc1C#N)C(C)C. The first-order valence-corrected chi connectivity index (χ1v) is 7.34. The van der Waals surface area contributed by atoms with Gasteiger partial charge in [0.05, 0.1) is 16.6 Å². The number of rotatable bonds is 7. The van der Waals surface area contributed by atoms with Gasteiger partial charge in [-0.3, -0.25) is 10.1 Å². The zero-order valence-electron chi connectivity index (χ0n) is 13.1. The molecule has 1 N–H and O–H groups in total. The van der Waals surface area contributed by atoms with Crippen molar-refractivity contribution in [3.8, 4) is 6.07 Å². The third-order valence-corrected chi connectivity index (χ3v) is 3.70. The van der Waals surface area contributed by atoms with E-state index in [1.807, 2.05) is 0 Å². The summed E-state index contributed by atoms with van der Waals surface area (Å²) in [4.78, 5) is 10.4. The molecule has 0 radical (unpaired) electrons. The number of nitrogens with one attached hydrogen (secondary N) is 1. The first-order valence-electron chi connectivity index (χ1n) is 7.34. The molecular weight excluding hydrogens is 266 g/mol. The van der Waals surface area contributed by atoms with Crippen LogP contribution in [0, 0.1) is 27.4 Å². The van der Waals surface area contributed by atoms with Crippen LogP contribution in [0.5, 0.6) is 0 Å². The van der Waals surface area contributed by atoms with Gasteiger partial charge in [-0.1, -0.05) is 26.8 Å². The molecule has 0 fully saturated rings. The fraction of sp³-hybridized carbons (Fsp3) is 0.562. The fourth-order valence-electron chi connectivity index (χ4n) is 2.75. The molecule has 0 saturated heterocycles. The number of hydrogen-bond acceptors (Lipinski definition) is 4. The predicted octanol–water partition coefficient (Wildman–Crippen LogP) is 3.59. The second-order valence-corrected chi connectivity index (χ2v) is 5.65. The van der Waals surface area contributed by atoms with Crippen molar-refractivity contribution in [3.63, 3.8) is 0 Å². The Labute approximate surface area is 126 Å². The van der Waals surface area contributed by atoms with Crippen molar-refractivity contribution in [1.29, 1.82) is 5.26 Å². The van der Waals surface area contributed by atoms with Gasteiger partial charge in [-0.25, -0.2) is 0 Å². The summed E-state index contributed by atoms with van der Waals surface area (Å²) in [5, 5.41) is 23.6. The molecule has 0 aliphatic rings. The van der Waals surface area contributed by atoms with E-state index in [1.54, 1.807) is 6.07 Å². The van der Waals surface area contributed by atoms with E-state index < -0.39 is 4.92 Å². The third-order valence-electron chi connectivity index (χ3n) is 3.70. The Bertz CT molecular complexity index is 535. The second-order valence-electron chi connectivity index (χ2n) is 5.65. The van der Waals surface area contributed by atoms with Gasteiger partial charge < -0.3 is 5.32 Å². The van der Waals surface area contributed by atoms with Gasteiger partial charge in [-0.05, 0) is 31.4 Å². The molecule has 5 nitrogen and oxygen atoms in total. The van der Waals surface area contributed by atoms with E-state index in [0.29, 0.717) is 11.5 Å². The van der Waals surface area contributed by atoms with Crippen LogP contribution in [0.25, 0.3) is 0 Å². The van der Waals surface area contributed by atoms with Crippen molar-refractivity contribution in [1.82, 2.24) is 5.32 Å². The lowest BCUT2D eigenvalue weighted by molar-refractivity contribution is -0.384. The average molecular weight is 289 g/mol. The minimum Gasteiger partial charge on any atom is -0.314 e. The largest absolute Gasteiger partial charge is 0.314 e. The lowest BCUT2D eigenvalue weighted by Gasteiger charge is -2.29. The Balaban J connectivity index is 3.20. The van der Waals surface area contributed by atoms with E-state index in [4.69, 9.17) is 0 Å². The summed E-state index contributed by atoms with van der Waals surface area (Å²) in [5.41, 5.74) is 1.24. The van der Waals surface area contributed by atoms with Gasteiger partial charge in [0.25, 0.3) is 5.69 Å². The van der Waals surface area contributed by atoms with E-state index in [0.717, 1.165) is 18.5 Å². The standard InChI is InChI=1S/C16H23N3O2/c1-5-8-18-12(4)16(11(2)3)15-7-6-14(19(20)21)9-13(15)10-17/h6-7,9,11-12,16,18H,5,8H2,1-4H3. The molecule has 0 aliphatic carbocycles. The summed E-state index contributed by atoms with van der Waals surface area (Å²) in [6.45, 7) is 9.34. The van der Waals surface area contributed by atoms with Gasteiger partial charge in [0.2, 0.25) is 0 Å². The van der Waals surface area contributed by atoms with Crippen molar-refractivity contribution in [3.05, 3.63) is 39.4 Å². The minimum absolute atomic E-state index is 0.0352. The molecule has 1 aromatic rings. The van der Waals surface area contributed by atoms with E-state index in [1.165, 1.54) is 12.1 Å². The van der Waals surface area contributed by atoms with Crippen LogP contribution in [0.1, 0.15) is 51.2 Å². The molecule has 0 spiro atoms. The summed E-state index contributed by atoms with van der Waals surface area (Å²) >= 11 is 0. The smallest absolute Gasteiger partial charge is 0.270 e. The highest BCUT2D eigenvalue weighted by molar-refractivity contribution is 5.48. The molecule has 0 aromatic heterocycles. The second kappa shape index (κ2) is 7.75. The molecule has 114 valence electrons. The molecular formula is C16H23N3O2. The Morgan fingerprint density at radius 2 is 2.05 bits per heavy atom. The zero-order chi connectivity index (χ0) is 16.0. The Kier molecular flexibility index (Phi) is 6.32. The maximum absolute atomic E-state index is 10.8. The fourth-order valence-corrected chi connectivity index (χ4v) is 2.75. The molecule has 5 heteroatoms. The number of hydrogen-bond donors (Lipinski definition) is 1. The van der Waals surface area contributed by atoms with Crippen molar-refractivity contribution in [2.45, 2.75) is 46.1 Å². The molecule has 1 aromatic carbocycles. The number of nitriles is 1. The number of nitro groups is 1. The van der Waals surface area contributed by atoms with Gasteiger partial charge in [0.15, 0.2) is 0 Å². The molecule has 0 heterocycles. The molecule has 1 rings (SSSR count). The van der Waals surface area contributed by atoms with E-state index in [-0.39, 0.29) is 17.6 Å². The summed E-state index contributed by atoms with van der Waals surface area (Å²) in [6, 6.07) is 6.90. The van der Waals surface area contributed by atoms with Gasteiger partial charge >= 0.3 is 0 Å². The molecule has 2 unspecified atom stereocenters. The number of benzene rings is 1. The Hall–Kier alpha value is -1.93. The van der Waals surface area contributed by atoms with Gasteiger partial charge in [0, 0.05) is 24.1 Å². The van der Waals surface area contributed by atoms with Crippen molar-refractivity contribution in [2.75, 3.05) is 6.54 Å². The van der Waals surface area contributed by atoms with Gasteiger partial charge in [-0.15, -0.1) is 0 Å². The number of nitro benzene ring substituents is 1. The van der Waals surface area contributed by atoms with Crippen molar-refractivity contribution >= 4 is 5.69 Å². The maximum atomic E-state index is 10.8. The van der Waals surface area contributed by atoms with Crippen molar-refractivity contribution in [2.24, 2.45) is 5.92 Å². The average Bonchev–Trinajstić information content (AvgIpc) is 2.44. The molecule has 0 bridgehead atoms. The highest BCUT2D eigenvalue weighted by atomic mass is 16.6. The van der Waals surface area contributed by atoms with Crippen LogP contribution < -0.4 is 5.32 Å². The molecule has 0 saturated carbocycles. The lowest BCUT2D eigenvalue weighted by Crippen LogP contribution is -2.35. The van der Waals surface area contributed by atoms with Gasteiger partial charge in [0.1, 0.15) is 0 Å². The van der Waals surface area contributed by atoms with Crippen LogP contribution in [-0.2, 0) is 0 Å². The van der Waals surface area contributed by atoms with E-state index in [9.17, 15) is 15.4 Å². The summed E-state index contributed by atoms with van der Waals surface area (Å²) in [5.74, 6) is 0.477.